The van der Waals surface area contributed by atoms with Crippen LogP contribution in [0.4, 0.5) is 17.1 Å². The fraction of sp³-hybridized carbons (Fsp3) is 0. The summed E-state index contributed by atoms with van der Waals surface area (Å²) in [6.07, 6.45) is 4.05. The highest BCUT2D eigenvalue weighted by molar-refractivity contribution is 5.94. The molecule has 1 N–H and O–H groups in total. The zero-order valence-corrected chi connectivity index (χ0v) is 12.8. The van der Waals surface area contributed by atoms with Crippen molar-refractivity contribution in [1.29, 1.82) is 0 Å². The van der Waals surface area contributed by atoms with Gasteiger partial charge in [-0.25, -0.2) is 0 Å². The summed E-state index contributed by atoms with van der Waals surface area (Å²) in [4.78, 5) is 11.0. The van der Waals surface area contributed by atoms with Gasteiger partial charge < -0.3 is 5.32 Å². The van der Waals surface area contributed by atoms with Gasteiger partial charge in [-0.05, 0) is 29.3 Å². The second kappa shape index (κ2) is 5.66. The number of hydrogen-bond donors (Lipinski definition) is 1. The van der Waals surface area contributed by atoms with Gasteiger partial charge in [-0.1, -0.05) is 54.6 Å². The summed E-state index contributed by atoms with van der Waals surface area (Å²) in [6.45, 7) is 0. The number of hydrogen-bond acceptors (Lipinski definition) is 3. The minimum absolute atomic E-state index is 0.112. The summed E-state index contributed by atoms with van der Waals surface area (Å²) in [7, 11) is 0. The number of nitro groups is 1. The van der Waals surface area contributed by atoms with Gasteiger partial charge in [0.2, 0.25) is 0 Å². The van der Waals surface area contributed by atoms with E-state index in [1.54, 1.807) is 12.1 Å². The van der Waals surface area contributed by atoms with Crippen LogP contribution in [-0.4, -0.2) is 4.92 Å². The van der Waals surface area contributed by atoms with E-state index in [9.17, 15) is 10.1 Å². The van der Waals surface area contributed by atoms with E-state index in [2.05, 4.69) is 5.32 Å². The molecule has 116 valence electrons. The number of para-hydroxylation sites is 2. The van der Waals surface area contributed by atoms with Crippen LogP contribution in [0.25, 0.3) is 23.3 Å². The molecular formula is C20H14N2O2. The molecule has 3 aromatic rings. The molecule has 0 radical (unpaired) electrons. The van der Waals surface area contributed by atoms with Crippen LogP contribution in [0.2, 0.25) is 0 Å². The first kappa shape index (κ1) is 14.2. The molecule has 0 unspecified atom stereocenters. The van der Waals surface area contributed by atoms with E-state index >= 15 is 0 Å². The van der Waals surface area contributed by atoms with Crippen molar-refractivity contribution in [2.45, 2.75) is 0 Å². The number of nitrogens with one attached hydrogen (secondary N) is 1. The van der Waals surface area contributed by atoms with Crippen LogP contribution >= 0.6 is 0 Å². The Kier molecular flexibility index (Phi) is 3.35. The molecule has 0 bridgehead atoms. The number of rotatable bonds is 2. The highest BCUT2D eigenvalue weighted by Gasteiger charge is 2.19. The van der Waals surface area contributed by atoms with Crippen LogP contribution in [0, 0.1) is 10.1 Å². The summed E-state index contributed by atoms with van der Waals surface area (Å²) in [5.41, 5.74) is 5.57. The SMILES string of the molecule is O=[N+]([O-])c1ccccc1-c1cccc2c1C=Cc1ccccc1N2. The lowest BCUT2D eigenvalue weighted by Gasteiger charge is -2.13. The number of benzene rings is 3. The van der Waals surface area contributed by atoms with Gasteiger partial charge in [0, 0.05) is 23.0 Å². The van der Waals surface area contributed by atoms with E-state index in [4.69, 9.17) is 0 Å². The molecule has 3 aromatic carbocycles. The van der Waals surface area contributed by atoms with Crippen LogP contribution in [0.5, 0.6) is 0 Å². The average molecular weight is 314 g/mol. The fourth-order valence-corrected chi connectivity index (χ4v) is 3.02. The fourth-order valence-electron chi connectivity index (χ4n) is 3.02. The zero-order valence-electron chi connectivity index (χ0n) is 12.8. The highest BCUT2D eigenvalue weighted by Crippen LogP contribution is 2.39. The maximum atomic E-state index is 11.4. The van der Waals surface area contributed by atoms with Gasteiger partial charge in [0.25, 0.3) is 5.69 Å². The van der Waals surface area contributed by atoms with Crippen molar-refractivity contribution < 1.29 is 4.92 Å². The molecule has 0 saturated carbocycles. The molecule has 0 saturated heterocycles. The summed E-state index contributed by atoms with van der Waals surface area (Å²) in [5.74, 6) is 0. The topological polar surface area (TPSA) is 55.2 Å². The highest BCUT2D eigenvalue weighted by atomic mass is 16.6. The van der Waals surface area contributed by atoms with E-state index < -0.39 is 0 Å². The van der Waals surface area contributed by atoms with Crippen LogP contribution in [0.3, 0.4) is 0 Å². The van der Waals surface area contributed by atoms with E-state index in [0.29, 0.717) is 5.56 Å². The van der Waals surface area contributed by atoms with Gasteiger partial charge in [0.15, 0.2) is 0 Å². The summed E-state index contributed by atoms with van der Waals surface area (Å²) >= 11 is 0. The molecule has 24 heavy (non-hydrogen) atoms. The number of nitro benzene ring substituents is 1. The third-order valence-electron chi connectivity index (χ3n) is 4.16. The molecule has 0 fully saturated rings. The van der Waals surface area contributed by atoms with E-state index in [1.807, 2.05) is 60.7 Å². The standard InChI is InChI=1S/C20H14N2O2/c23-22(24)20-11-4-2-7-17(20)15-8-5-10-19-16(15)13-12-14-6-1-3-9-18(14)21-19/h1-13,21H. The molecule has 4 heteroatoms. The van der Waals surface area contributed by atoms with Crippen molar-refractivity contribution >= 4 is 29.2 Å². The van der Waals surface area contributed by atoms with Crippen molar-refractivity contribution in [3.8, 4) is 11.1 Å². The van der Waals surface area contributed by atoms with Crippen LogP contribution in [0.1, 0.15) is 11.1 Å². The molecule has 1 aliphatic heterocycles. The van der Waals surface area contributed by atoms with Crippen molar-refractivity contribution in [3.05, 3.63) is 88.0 Å². The molecule has 0 aromatic heterocycles. The summed E-state index contributed by atoms with van der Waals surface area (Å²) in [5, 5.41) is 14.8. The van der Waals surface area contributed by atoms with E-state index in [0.717, 1.165) is 28.1 Å². The summed E-state index contributed by atoms with van der Waals surface area (Å²) in [6, 6.07) is 20.7. The number of fused-ring (bicyclic) bond motifs is 2. The van der Waals surface area contributed by atoms with Crippen molar-refractivity contribution in [2.24, 2.45) is 0 Å². The van der Waals surface area contributed by atoms with Gasteiger partial charge >= 0.3 is 0 Å². The Balaban J connectivity index is 1.93. The molecule has 0 spiro atoms. The molecule has 0 aliphatic carbocycles. The smallest absolute Gasteiger partial charge is 0.277 e. The van der Waals surface area contributed by atoms with Crippen molar-refractivity contribution in [3.63, 3.8) is 0 Å². The minimum Gasteiger partial charge on any atom is -0.355 e. The largest absolute Gasteiger partial charge is 0.355 e. The number of nitrogens with zero attached hydrogens (tertiary/aromatic N) is 1. The van der Waals surface area contributed by atoms with Gasteiger partial charge in [0.1, 0.15) is 0 Å². The molecule has 0 amide bonds. The Morgan fingerprint density at radius 2 is 1.46 bits per heavy atom. The Labute approximate surface area is 139 Å². The molecule has 0 atom stereocenters. The lowest BCUT2D eigenvalue weighted by molar-refractivity contribution is -0.384. The zero-order chi connectivity index (χ0) is 16.5. The molecule has 1 heterocycles. The predicted molar refractivity (Wildman–Crippen MR) is 97.2 cm³/mol. The third-order valence-corrected chi connectivity index (χ3v) is 4.16. The Bertz CT molecular complexity index is 977. The lowest BCUT2D eigenvalue weighted by Crippen LogP contribution is -1.96. The van der Waals surface area contributed by atoms with Gasteiger partial charge in [-0.15, -0.1) is 0 Å². The molecule has 1 aliphatic rings. The Morgan fingerprint density at radius 3 is 2.33 bits per heavy atom. The second-order valence-corrected chi connectivity index (χ2v) is 5.59. The minimum atomic E-state index is -0.336. The van der Waals surface area contributed by atoms with Crippen molar-refractivity contribution in [2.75, 3.05) is 5.32 Å². The first-order valence-electron chi connectivity index (χ1n) is 7.65. The maximum Gasteiger partial charge on any atom is 0.277 e. The van der Waals surface area contributed by atoms with Crippen LogP contribution in [0.15, 0.2) is 66.7 Å². The normalized spacial score (nSPS) is 11.8. The quantitative estimate of drug-likeness (QED) is 0.393. The second-order valence-electron chi connectivity index (χ2n) is 5.59. The molecular weight excluding hydrogens is 300 g/mol. The monoisotopic (exact) mass is 314 g/mol. The van der Waals surface area contributed by atoms with Gasteiger partial charge in [0.05, 0.1) is 10.5 Å². The molecule has 4 nitrogen and oxygen atoms in total. The lowest BCUT2D eigenvalue weighted by atomic mass is 9.96. The van der Waals surface area contributed by atoms with Gasteiger partial charge in [-0.2, -0.15) is 0 Å². The first-order chi connectivity index (χ1) is 11.7. The Hall–Kier alpha value is -3.40. The first-order valence-corrected chi connectivity index (χ1v) is 7.65. The summed E-state index contributed by atoms with van der Waals surface area (Å²) < 4.78 is 0. The average Bonchev–Trinajstić information content (AvgIpc) is 2.80. The van der Waals surface area contributed by atoms with Crippen molar-refractivity contribution in [1.82, 2.24) is 0 Å². The predicted octanol–water partition coefficient (Wildman–Crippen LogP) is 5.49. The number of anilines is 2. The van der Waals surface area contributed by atoms with Crippen LogP contribution < -0.4 is 5.32 Å². The van der Waals surface area contributed by atoms with Crippen LogP contribution in [-0.2, 0) is 0 Å². The van der Waals surface area contributed by atoms with E-state index in [1.165, 1.54) is 6.07 Å². The molecule has 4 rings (SSSR count). The van der Waals surface area contributed by atoms with E-state index in [-0.39, 0.29) is 10.6 Å². The van der Waals surface area contributed by atoms with Gasteiger partial charge in [-0.3, -0.25) is 10.1 Å². The Morgan fingerprint density at radius 1 is 0.750 bits per heavy atom. The maximum absolute atomic E-state index is 11.4. The third kappa shape index (κ3) is 2.34.